The predicted octanol–water partition coefficient (Wildman–Crippen LogP) is 2.65. The number of benzene rings is 1. The molecule has 1 amide bonds. The van der Waals surface area contributed by atoms with Crippen molar-refractivity contribution in [1.82, 2.24) is 15.1 Å². The van der Waals surface area contributed by atoms with Crippen LogP contribution in [0.3, 0.4) is 0 Å². The Morgan fingerprint density at radius 1 is 1.24 bits per heavy atom. The predicted molar refractivity (Wildman–Crippen MR) is 95.8 cm³/mol. The van der Waals surface area contributed by atoms with Crippen LogP contribution in [0.25, 0.3) is 5.69 Å². The summed E-state index contributed by atoms with van der Waals surface area (Å²) in [7, 11) is 0. The number of nitrogens with zero attached hydrogens (tertiary/aromatic N) is 2. The second kappa shape index (κ2) is 7.96. The SMILES string of the molecule is CCC(C)C(NC(=O)Cc1c(C)nn(-c2ccccc2)c1C)C(=O)O. The van der Waals surface area contributed by atoms with Gasteiger partial charge in [-0.25, -0.2) is 9.48 Å². The van der Waals surface area contributed by atoms with Gasteiger partial charge < -0.3 is 10.4 Å². The first-order chi connectivity index (χ1) is 11.8. The van der Waals surface area contributed by atoms with Crippen molar-refractivity contribution in [2.45, 2.75) is 46.6 Å². The molecule has 134 valence electrons. The molecule has 1 aromatic carbocycles. The molecule has 2 aromatic rings. The fourth-order valence-electron chi connectivity index (χ4n) is 2.82. The molecule has 2 atom stereocenters. The summed E-state index contributed by atoms with van der Waals surface area (Å²) >= 11 is 0. The summed E-state index contributed by atoms with van der Waals surface area (Å²) in [5.41, 5.74) is 3.41. The van der Waals surface area contributed by atoms with E-state index in [0.29, 0.717) is 6.42 Å². The van der Waals surface area contributed by atoms with Crippen molar-refractivity contribution in [3.05, 3.63) is 47.3 Å². The molecule has 25 heavy (non-hydrogen) atoms. The highest BCUT2D eigenvalue weighted by Crippen LogP contribution is 2.18. The van der Waals surface area contributed by atoms with Crippen molar-refractivity contribution in [2.24, 2.45) is 5.92 Å². The molecule has 1 aromatic heterocycles. The Hall–Kier alpha value is -2.63. The molecule has 0 radical (unpaired) electrons. The second-order valence-electron chi connectivity index (χ2n) is 6.34. The number of aryl methyl sites for hydroxylation is 1. The van der Waals surface area contributed by atoms with Crippen molar-refractivity contribution >= 4 is 11.9 Å². The number of hydrogen-bond acceptors (Lipinski definition) is 3. The van der Waals surface area contributed by atoms with Crippen LogP contribution in [0.4, 0.5) is 0 Å². The van der Waals surface area contributed by atoms with Gasteiger partial charge in [0.2, 0.25) is 5.91 Å². The zero-order valence-electron chi connectivity index (χ0n) is 15.1. The lowest BCUT2D eigenvalue weighted by Gasteiger charge is -2.20. The van der Waals surface area contributed by atoms with Crippen LogP contribution in [0.1, 0.15) is 37.2 Å². The quantitative estimate of drug-likeness (QED) is 0.809. The minimum Gasteiger partial charge on any atom is -0.480 e. The minimum absolute atomic E-state index is 0.116. The Labute approximate surface area is 147 Å². The van der Waals surface area contributed by atoms with Gasteiger partial charge in [0.1, 0.15) is 6.04 Å². The van der Waals surface area contributed by atoms with Crippen LogP contribution in [-0.4, -0.2) is 32.8 Å². The molecule has 6 heteroatoms. The van der Waals surface area contributed by atoms with Gasteiger partial charge in [0.05, 0.1) is 17.8 Å². The van der Waals surface area contributed by atoms with Gasteiger partial charge in [0, 0.05) is 11.3 Å². The van der Waals surface area contributed by atoms with Gasteiger partial charge in [-0.15, -0.1) is 0 Å². The third-order valence-electron chi connectivity index (χ3n) is 4.57. The number of rotatable bonds is 7. The number of hydrogen-bond donors (Lipinski definition) is 2. The van der Waals surface area contributed by atoms with E-state index >= 15 is 0 Å². The Morgan fingerprint density at radius 3 is 2.44 bits per heavy atom. The number of para-hydroxylation sites is 1. The third kappa shape index (κ3) is 4.26. The van der Waals surface area contributed by atoms with Crippen LogP contribution in [0, 0.1) is 19.8 Å². The maximum Gasteiger partial charge on any atom is 0.326 e. The summed E-state index contributed by atoms with van der Waals surface area (Å²) in [4.78, 5) is 23.8. The molecule has 2 rings (SSSR count). The van der Waals surface area contributed by atoms with Gasteiger partial charge in [-0.1, -0.05) is 38.5 Å². The van der Waals surface area contributed by atoms with Gasteiger partial charge in [0.15, 0.2) is 0 Å². The van der Waals surface area contributed by atoms with E-state index in [0.717, 1.165) is 22.6 Å². The molecule has 1 heterocycles. The third-order valence-corrected chi connectivity index (χ3v) is 4.57. The first-order valence-electron chi connectivity index (χ1n) is 8.47. The molecule has 2 N–H and O–H groups in total. The molecule has 0 aliphatic carbocycles. The first kappa shape index (κ1) is 18.7. The lowest BCUT2D eigenvalue weighted by atomic mass is 9.99. The van der Waals surface area contributed by atoms with E-state index in [1.165, 1.54) is 0 Å². The van der Waals surface area contributed by atoms with E-state index in [9.17, 15) is 14.7 Å². The van der Waals surface area contributed by atoms with E-state index in [1.54, 1.807) is 4.68 Å². The largest absolute Gasteiger partial charge is 0.480 e. The van der Waals surface area contributed by atoms with Crippen LogP contribution in [0.15, 0.2) is 30.3 Å². The van der Waals surface area contributed by atoms with Crippen LogP contribution in [-0.2, 0) is 16.0 Å². The Bertz CT molecular complexity index is 753. The number of aromatic nitrogens is 2. The number of carboxylic acid groups (broad SMARTS) is 1. The first-order valence-corrected chi connectivity index (χ1v) is 8.47. The second-order valence-corrected chi connectivity index (χ2v) is 6.34. The number of nitrogens with one attached hydrogen (secondary N) is 1. The molecular weight excluding hydrogens is 318 g/mol. The van der Waals surface area contributed by atoms with Gasteiger partial charge in [-0.3, -0.25) is 4.79 Å². The Balaban J connectivity index is 2.19. The van der Waals surface area contributed by atoms with Crippen LogP contribution in [0.2, 0.25) is 0 Å². The molecule has 2 unspecified atom stereocenters. The number of amides is 1. The van der Waals surface area contributed by atoms with Crippen LogP contribution < -0.4 is 5.32 Å². The number of carbonyl (C=O) groups excluding carboxylic acids is 1. The highest BCUT2D eigenvalue weighted by atomic mass is 16.4. The average Bonchev–Trinajstić information content (AvgIpc) is 2.87. The summed E-state index contributed by atoms with van der Waals surface area (Å²) in [5, 5.41) is 16.5. The highest BCUT2D eigenvalue weighted by molar-refractivity contribution is 5.85. The zero-order valence-corrected chi connectivity index (χ0v) is 15.1. The molecule has 0 saturated heterocycles. The normalized spacial score (nSPS) is 13.3. The standard InChI is InChI=1S/C19H25N3O3/c1-5-12(2)18(19(24)25)20-17(23)11-16-13(3)21-22(14(16)4)15-9-7-6-8-10-15/h6-10,12,18H,5,11H2,1-4H3,(H,20,23)(H,24,25). The summed E-state index contributed by atoms with van der Waals surface area (Å²) in [6.45, 7) is 7.51. The van der Waals surface area contributed by atoms with Gasteiger partial charge in [-0.2, -0.15) is 5.10 Å². The van der Waals surface area contributed by atoms with Gasteiger partial charge in [0.25, 0.3) is 0 Å². The minimum atomic E-state index is -1.00. The molecule has 0 fully saturated rings. The lowest BCUT2D eigenvalue weighted by molar-refractivity contribution is -0.143. The fourth-order valence-corrected chi connectivity index (χ4v) is 2.82. The number of carboxylic acids is 1. The average molecular weight is 343 g/mol. The maximum absolute atomic E-state index is 12.4. The highest BCUT2D eigenvalue weighted by Gasteiger charge is 2.26. The maximum atomic E-state index is 12.4. The molecule has 0 spiro atoms. The monoisotopic (exact) mass is 343 g/mol. The van der Waals surface area contributed by atoms with E-state index in [1.807, 2.05) is 58.0 Å². The Morgan fingerprint density at radius 2 is 1.88 bits per heavy atom. The molecule has 0 aliphatic heterocycles. The van der Waals surface area contributed by atoms with Gasteiger partial charge >= 0.3 is 5.97 Å². The summed E-state index contributed by atoms with van der Waals surface area (Å²) in [6.07, 6.45) is 0.798. The molecular formula is C19H25N3O3. The molecule has 0 bridgehead atoms. The van der Waals surface area contributed by atoms with Crippen molar-refractivity contribution < 1.29 is 14.7 Å². The summed E-state index contributed by atoms with van der Waals surface area (Å²) in [6, 6.07) is 8.83. The fraction of sp³-hybridized carbons (Fsp3) is 0.421. The topological polar surface area (TPSA) is 84.2 Å². The van der Waals surface area contributed by atoms with E-state index in [4.69, 9.17) is 0 Å². The molecule has 6 nitrogen and oxygen atoms in total. The van der Waals surface area contributed by atoms with Crippen molar-refractivity contribution in [3.8, 4) is 5.69 Å². The zero-order chi connectivity index (χ0) is 18.6. The van der Waals surface area contributed by atoms with Crippen LogP contribution >= 0.6 is 0 Å². The number of aliphatic carboxylic acids is 1. The van der Waals surface area contributed by atoms with E-state index < -0.39 is 12.0 Å². The van der Waals surface area contributed by atoms with Crippen molar-refractivity contribution in [1.29, 1.82) is 0 Å². The number of carbonyl (C=O) groups is 2. The van der Waals surface area contributed by atoms with Crippen LogP contribution in [0.5, 0.6) is 0 Å². The smallest absolute Gasteiger partial charge is 0.326 e. The lowest BCUT2D eigenvalue weighted by Crippen LogP contribution is -2.45. The summed E-state index contributed by atoms with van der Waals surface area (Å²) < 4.78 is 1.81. The molecule has 0 saturated carbocycles. The Kier molecular flexibility index (Phi) is 5.96. The summed E-state index contributed by atoms with van der Waals surface area (Å²) in [5.74, 6) is -1.43. The van der Waals surface area contributed by atoms with Gasteiger partial charge in [-0.05, 0) is 31.9 Å². The van der Waals surface area contributed by atoms with Crippen molar-refractivity contribution in [2.75, 3.05) is 0 Å². The van der Waals surface area contributed by atoms with E-state index in [-0.39, 0.29) is 18.2 Å². The van der Waals surface area contributed by atoms with Crippen molar-refractivity contribution in [3.63, 3.8) is 0 Å². The molecule has 0 aliphatic rings. The van der Waals surface area contributed by atoms with E-state index in [2.05, 4.69) is 10.4 Å².